The topological polar surface area (TPSA) is 111 Å². The summed E-state index contributed by atoms with van der Waals surface area (Å²) in [5, 5.41) is 7.31. The molecule has 192 valence electrons. The van der Waals surface area contributed by atoms with Gasteiger partial charge in [0.1, 0.15) is 5.75 Å². The molecule has 0 saturated carbocycles. The lowest BCUT2D eigenvalue weighted by atomic mass is 9.98. The number of carbonyl (C=O) groups is 1. The van der Waals surface area contributed by atoms with Gasteiger partial charge in [-0.25, -0.2) is 8.42 Å². The third-order valence-corrected chi connectivity index (χ3v) is 8.42. The zero-order chi connectivity index (χ0) is 26.0. The van der Waals surface area contributed by atoms with E-state index in [1.165, 1.54) is 18.2 Å². The summed E-state index contributed by atoms with van der Waals surface area (Å²) in [4.78, 5) is 12.7. The minimum atomic E-state index is -3.74. The second-order valence-electron chi connectivity index (χ2n) is 9.66. The summed E-state index contributed by atoms with van der Waals surface area (Å²) in [7, 11) is -3.74. The maximum Gasteiger partial charge on any atom is 0.222 e. The van der Waals surface area contributed by atoms with Crippen molar-refractivity contribution in [2.45, 2.75) is 62.7 Å². The van der Waals surface area contributed by atoms with E-state index >= 15 is 0 Å². The number of nitrogens with two attached hydrogens (primary N) is 1. The Kier molecular flexibility index (Phi) is 9.00. The summed E-state index contributed by atoms with van der Waals surface area (Å²) in [5.41, 5.74) is 7.65. The van der Waals surface area contributed by atoms with Crippen molar-refractivity contribution >= 4 is 50.5 Å². The SMILES string of the molecule is CC(C)(C)NCc1cc2c(cc1Cl)[C@H](NC(=O)C[C@H](N)CS(=O)(=O)c1ccc(Cl)c(Cl)c1)CCO2. The number of fused-ring (bicyclic) bond motifs is 1. The molecule has 0 aromatic heterocycles. The molecule has 1 aliphatic heterocycles. The molecular weight excluding hydrogens is 533 g/mol. The fourth-order valence-electron chi connectivity index (χ4n) is 3.69. The van der Waals surface area contributed by atoms with Crippen LogP contribution in [0.3, 0.4) is 0 Å². The molecule has 7 nitrogen and oxygen atoms in total. The standard InChI is InChI=1S/C24H30Cl3N3O4S/c1-24(2,3)29-12-14-8-22-17(11-19(14)26)21(6-7-34-22)30-23(31)9-15(28)13-35(32,33)16-4-5-18(25)20(27)10-16/h4-5,8,10-11,15,21,29H,6-7,9,12-13,28H2,1-3H3,(H,30,31)/t15-,21+/m0/s1. The molecule has 2 aromatic carbocycles. The van der Waals surface area contributed by atoms with Crippen LogP contribution < -0.4 is 21.1 Å². The van der Waals surface area contributed by atoms with Crippen molar-refractivity contribution in [2.75, 3.05) is 12.4 Å². The number of amides is 1. The van der Waals surface area contributed by atoms with Crippen molar-refractivity contribution < 1.29 is 17.9 Å². The van der Waals surface area contributed by atoms with E-state index in [0.29, 0.717) is 30.3 Å². The van der Waals surface area contributed by atoms with Gasteiger partial charge in [0.15, 0.2) is 9.84 Å². The Hall–Kier alpha value is -1.55. The Morgan fingerprint density at radius 2 is 1.86 bits per heavy atom. The second kappa shape index (κ2) is 11.2. The van der Waals surface area contributed by atoms with E-state index in [2.05, 4.69) is 31.4 Å². The average molecular weight is 563 g/mol. The zero-order valence-corrected chi connectivity index (χ0v) is 22.9. The molecule has 0 fully saturated rings. The molecule has 1 aliphatic rings. The number of nitrogens with one attached hydrogen (secondary N) is 2. The lowest BCUT2D eigenvalue weighted by Crippen LogP contribution is -2.39. The van der Waals surface area contributed by atoms with Gasteiger partial charge < -0.3 is 21.1 Å². The highest BCUT2D eigenvalue weighted by Gasteiger charge is 2.27. The molecule has 11 heteroatoms. The summed E-state index contributed by atoms with van der Waals surface area (Å²) >= 11 is 18.3. The van der Waals surface area contributed by atoms with Crippen molar-refractivity contribution in [3.8, 4) is 5.75 Å². The normalized spacial score (nSPS) is 16.8. The van der Waals surface area contributed by atoms with Crippen LogP contribution in [0, 0.1) is 0 Å². The van der Waals surface area contributed by atoms with Crippen LogP contribution in [0.4, 0.5) is 0 Å². The Balaban J connectivity index is 1.64. The Labute approximate surface area is 221 Å². The number of benzene rings is 2. The van der Waals surface area contributed by atoms with Gasteiger partial charge in [0.25, 0.3) is 0 Å². The molecular formula is C24H30Cl3N3O4S. The summed E-state index contributed by atoms with van der Waals surface area (Å²) < 4.78 is 31.2. The molecule has 35 heavy (non-hydrogen) atoms. The van der Waals surface area contributed by atoms with Crippen LogP contribution in [0.25, 0.3) is 0 Å². The molecule has 0 unspecified atom stereocenters. The highest BCUT2D eigenvalue weighted by atomic mass is 35.5. The number of carbonyl (C=O) groups excluding carboxylic acids is 1. The molecule has 3 rings (SSSR count). The van der Waals surface area contributed by atoms with E-state index in [4.69, 9.17) is 45.3 Å². The first-order valence-corrected chi connectivity index (χ1v) is 14.0. The van der Waals surface area contributed by atoms with E-state index in [1.807, 2.05) is 12.1 Å². The van der Waals surface area contributed by atoms with Gasteiger partial charge in [0.05, 0.1) is 33.3 Å². The fourth-order valence-corrected chi connectivity index (χ4v) is 5.74. The summed E-state index contributed by atoms with van der Waals surface area (Å²) in [6.07, 6.45) is 0.403. The smallest absolute Gasteiger partial charge is 0.222 e. The van der Waals surface area contributed by atoms with Crippen LogP contribution in [0.15, 0.2) is 35.2 Å². The van der Waals surface area contributed by atoms with E-state index in [1.54, 1.807) is 0 Å². The molecule has 4 N–H and O–H groups in total. The van der Waals surface area contributed by atoms with Crippen molar-refractivity contribution in [3.63, 3.8) is 0 Å². The summed E-state index contributed by atoms with van der Waals surface area (Å²) in [6.45, 7) is 7.23. The maximum atomic E-state index is 12.7. The predicted molar refractivity (Wildman–Crippen MR) is 140 cm³/mol. The van der Waals surface area contributed by atoms with E-state index < -0.39 is 21.6 Å². The van der Waals surface area contributed by atoms with Gasteiger partial charge in [0, 0.05) is 41.6 Å². The molecule has 0 saturated heterocycles. The molecule has 1 heterocycles. The Bertz CT molecular complexity index is 1200. The van der Waals surface area contributed by atoms with Crippen molar-refractivity contribution in [1.29, 1.82) is 0 Å². The zero-order valence-electron chi connectivity index (χ0n) is 19.8. The van der Waals surface area contributed by atoms with Crippen LogP contribution in [0.2, 0.25) is 15.1 Å². The lowest BCUT2D eigenvalue weighted by Gasteiger charge is -2.28. The molecule has 2 atom stereocenters. The monoisotopic (exact) mass is 561 g/mol. The van der Waals surface area contributed by atoms with Gasteiger partial charge in [-0.2, -0.15) is 0 Å². The van der Waals surface area contributed by atoms with E-state index in [-0.39, 0.29) is 38.8 Å². The largest absolute Gasteiger partial charge is 0.493 e. The molecule has 0 bridgehead atoms. The minimum absolute atomic E-state index is 0.00695. The second-order valence-corrected chi connectivity index (χ2v) is 12.9. The number of sulfone groups is 1. The Morgan fingerprint density at radius 3 is 2.51 bits per heavy atom. The van der Waals surface area contributed by atoms with Gasteiger partial charge in [-0.3, -0.25) is 4.79 Å². The summed E-state index contributed by atoms with van der Waals surface area (Å²) in [6, 6.07) is 6.55. The highest BCUT2D eigenvalue weighted by Crippen LogP contribution is 2.36. The lowest BCUT2D eigenvalue weighted by molar-refractivity contribution is -0.122. The van der Waals surface area contributed by atoms with Crippen LogP contribution in [-0.4, -0.2) is 38.3 Å². The molecule has 0 spiro atoms. The number of hydrogen-bond acceptors (Lipinski definition) is 6. The van der Waals surface area contributed by atoms with Gasteiger partial charge in [-0.15, -0.1) is 0 Å². The van der Waals surface area contributed by atoms with Gasteiger partial charge in [-0.1, -0.05) is 34.8 Å². The Morgan fingerprint density at radius 1 is 1.14 bits per heavy atom. The van der Waals surface area contributed by atoms with Crippen LogP contribution in [0.1, 0.15) is 50.8 Å². The number of ether oxygens (including phenoxy) is 1. The fraction of sp³-hybridized carbons (Fsp3) is 0.458. The third kappa shape index (κ3) is 7.71. The molecule has 1 amide bonds. The quantitative estimate of drug-likeness (QED) is 0.431. The first-order chi connectivity index (χ1) is 16.2. The summed E-state index contributed by atoms with van der Waals surface area (Å²) in [5.74, 6) is -0.0870. The predicted octanol–water partition coefficient (Wildman–Crippen LogP) is 4.67. The van der Waals surface area contributed by atoms with E-state index in [9.17, 15) is 13.2 Å². The van der Waals surface area contributed by atoms with Gasteiger partial charge in [0.2, 0.25) is 5.91 Å². The first-order valence-electron chi connectivity index (χ1n) is 11.2. The molecule has 0 radical (unpaired) electrons. The van der Waals surface area contributed by atoms with Crippen LogP contribution in [-0.2, 0) is 21.2 Å². The number of hydrogen-bond donors (Lipinski definition) is 3. The molecule has 0 aliphatic carbocycles. The number of rotatable bonds is 8. The average Bonchev–Trinajstić information content (AvgIpc) is 2.73. The van der Waals surface area contributed by atoms with Gasteiger partial charge in [-0.05, 0) is 56.7 Å². The van der Waals surface area contributed by atoms with E-state index in [0.717, 1.165) is 11.1 Å². The van der Waals surface area contributed by atoms with Crippen molar-refractivity contribution in [2.24, 2.45) is 5.73 Å². The minimum Gasteiger partial charge on any atom is -0.493 e. The van der Waals surface area contributed by atoms with Gasteiger partial charge >= 0.3 is 0 Å². The highest BCUT2D eigenvalue weighted by molar-refractivity contribution is 7.91. The third-order valence-electron chi connectivity index (χ3n) is 5.49. The van der Waals surface area contributed by atoms with Crippen LogP contribution in [0.5, 0.6) is 5.75 Å². The molecule has 2 aromatic rings. The van der Waals surface area contributed by atoms with Crippen LogP contribution >= 0.6 is 34.8 Å². The maximum absolute atomic E-state index is 12.7. The number of halogens is 3. The van der Waals surface area contributed by atoms with Crippen molar-refractivity contribution in [1.82, 2.24) is 10.6 Å². The van der Waals surface area contributed by atoms with Crippen molar-refractivity contribution in [3.05, 3.63) is 56.5 Å². The first kappa shape index (κ1) is 28.0.